The molecule has 0 saturated carbocycles. The number of piperidine rings is 1. The molecule has 0 aromatic heterocycles. The Hall–Kier alpha value is -1.59. The van der Waals surface area contributed by atoms with E-state index in [1.54, 1.807) is 6.07 Å². The van der Waals surface area contributed by atoms with Crippen LogP contribution >= 0.6 is 12.4 Å². The fraction of sp³-hybridized carbons (Fsp3) is 0.529. The number of carbonyl (C=O) groups is 2. The molecule has 2 fully saturated rings. The summed E-state index contributed by atoms with van der Waals surface area (Å²) >= 11 is 0. The monoisotopic (exact) mass is 337 g/mol. The maximum absolute atomic E-state index is 12.6. The Morgan fingerprint density at radius 2 is 1.87 bits per heavy atom. The van der Waals surface area contributed by atoms with Gasteiger partial charge >= 0.3 is 0 Å². The molecule has 0 spiro atoms. The lowest BCUT2D eigenvalue weighted by atomic mass is 9.98. The van der Waals surface area contributed by atoms with Crippen molar-refractivity contribution in [1.29, 1.82) is 0 Å². The zero-order valence-corrected chi connectivity index (χ0v) is 14.0. The van der Waals surface area contributed by atoms with Gasteiger partial charge in [-0.05, 0) is 44.4 Å². The second-order valence-electron chi connectivity index (χ2n) is 6.08. The highest BCUT2D eigenvalue weighted by atomic mass is 35.5. The SMILES string of the molecule is Cl.O=C(Nc1ccccc1C(=O)N1CCCC1)C1CCCNC1. The average Bonchev–Trinajstić information content (AvgIpc) is 3.10. The van der Waals surface area contributed by atoms with Crippen LogP contribution in [0.4, 0.5) is 5.69 Å². The van der Waals surface area contributed by atoms with Crippen molar-refractivity contribution in [3.05, 3.63) is 29.8 Å². The molecule has 1 atom stereocenters. The summed E-state index contributed by atoms with van der Waals surface area (Å²) in [5, 5.41) is 6.21. The van der Waals surface area contributed by atoms with E-state index in [2.05, 4.69) is 10.6 Å². The number of nitrogens with one attached hydrogen (secondary N) is 2. The summed E-state index contributed by atoms with van der Waals surface area (Å²) < 4.78 is 0. The maximum atomic E-state index is 12.6. The number of amides is 2. The Morgan fingerprint density at radius 3 is 2.57 bits per heavy atom. The van der Waals surface area contributed by atoms with Crippen LogP contribution in [0.15, 0.2) is 24.3 Å². The number of para-hydroxylation sites is 1. The highest BCUT2D eigenvalue weighted by molar-refractivity contribution is 6.04. The average molecular weight is 338 g/mol. The van der Waals surface area contributed by atoms with Gasteiger partial charge in [-0.2, -0.15) is 0 Å². The van der Waals surface area contributed by atoms with Crippen molar-refractivity contribution in [2.75, 3.05) is 31.5 Å². The first kappa shape index (κ1) is 17.8. The van der Waals surface area contributed by atoms with Gasteiger partial charge in [0.15, 0.2) is 0 Å². The highest BCUT2D eigenvalue weighted by Gasteiger charge is 2.25. The highest BCUT2D eigenvalue weighted by Crippen LogP contribution is 2.21. The van der Waals surface area contributed by atoms with E-state index in [9.17, 15) is 9.59 Å². The van der Waals surface area contributed by atoms with Gasteiger partial charge in [-0.1, -0.05) is 12.1 Å². The number of carbonyl (C=O) groups excluding carboxylic acids is 2. The van der Waals surface area contributed by atoms with Crippen LogP contribution in [0.5, 0.6) is 0 Å². The Bertz CT molecular complexity index is 553. The quantitative estimate of drug-likeness (QED) is 0.889. The van der Waals surface area contributed by atoms with Crippen LogP contribution in [0, 0.1) is 5.92 Å². The fourth-order valence-electron chi connectivity index (χ4n) is 3.18. The third kappa shape index (κ3) is 4.24. The molecule has 5 nitrogen and oxygen atoms in total. The molecule has 0 bridgehead atoms. The molecule has 2 amide bonds. The second-order valence-corrected chi connectivity index (χ2v) is 6.08. The van der Waals surface area contributed by atoms with Crippen LogP contribution < -0.4 is 10.6 Å². The van der Waals surface area contributed by atoms with Crippen molar-refractivity contribution < 1.29 is 9.59 Å². The molecular formula is C17H24ClN3O2. The number of anilines is 1. The molecule has 2 N–H and O–H groups in total. The predicted octanol–water partition coefficient (Wildman–Crippen LogP) is 2.28. The van der Waals surface area contributed by atoms with Crippen LogP contribution in [0.2, 0.25) is 0 Å². The summed E-state index contributed by atoms with van der Waals surface area (Å²) in [6.45, 7) is 3.32. The number of benzene rings is 1. The van der Waals surface area contributed by atoms with Gasteiger partial charge in [0.25, 0.3) is 5.91 Å². The Kier molecular flexibility index (Phi) is 6.42. The first-order valence-electron chi connectivity index (χ1n) is 8.15. The van der Waals surface area contributed by atoms with Gasteiger partial charge in [0.05, 0.1) is 17.2 Å². The largest absolute Gasteiger partial charge is 0.339 e. The van der Waals surface area contributed by atoms with Crippen LogP contribution in [-0.2, 0) is 4.79 Å². The minimum atomic E-state index is -0.0105. The van der Waals surface area contributed by atoms with E-state index in [-0.39, 0.29) is 30.1 Å². The molecule has 2 aliphatic heterocycles. The van der Waals surface area contributed by atoms with E-state index >= 15 is 0 Å². The molecule has 1 unspecified atom stereocenters. The normalized spacial score (nSPS) is 20.7. The third-order valence-electron chi connectivity index (χ3n) is 4.48. The zero-order chi connectivity index (χ0) is 15.4. The van der Waals surface area contributed by atoms with Crippen LogP contribution in [0.3, 0.4) is 0 Å². The molecule has 2 aliphatic rings. The minimum absolute atomic E-state index is 0. The molecular weight excluding hydrogens is 314 g/mol. The van der Waals surface area contributed by atoms with Gasteiger partial charge in [-0.25, -0.2) is 0 Å². The lowest BCUT2D eigenvalue weighted by molar-refractivity contribution is -0.120. The summed E-state index contributed by atoms with van der Waals surface area (Å²) in [6.07, 6.45) is 4.05. The fourth-order valence-corrected chi connectivity index (χ4v) is 3.18. The number of halogens is 1. The molecule has 2 heterocycles. The van der Waals surface area contributed by atoms with E-state index < -0.39 is 0 Å². The van der Waals surface area contributed by atoms with Gasteiger partial charge in [0.2, 0.25) is 5.91 Å². The Morgan fingerprint density at radius 1 is 1.13 bits per heavy atom. The molecule has 0 radical (unpaired) electrons. The van der Waals surface area contributed by atoms with Gasteiger partial charge < -0.3 is 15.5 Å². The zero-order valence-electron chi connectivity index (χ0n) is 13.2. The number of hydrogen-bond donors (Lipinski definition) is 2. The number of nitrogens with zero attached hydrogens (tertiary/aromatic N) is 1. The van der Waals surface area contributed by atoms with Crippen molar-refractivity contribution in [2.24, 2.45) is 5.92 Å². The van der Waals surface area contributed by atoms with Crippen molar-refractivity contribution in [1.82, 2.24) is 10.2 Å². The molecule has 1 aromatic carbocycles. The van der Waals surface area contributed by atoms with Crippen LogP contribution in [0.1, 0.15) is 36.0 Å². The van der Waals surface area contributed by atoms with Crippen molar-refractivity contribution in [2.45, 2.75) is 25.7 Å². The van der Waals surface area contributed by atoms with Gasteiger partial charge in [0, 0.05) is 19.6 Å². The van der Waals surface area contributed by atoms with Crippen LogP contribution in [0.25, 0.3) is 0 Å². The molecule has 1 aromatic rings. The number of rotatable bonds is 3. The smallest absolute Gasteiger partial charge is 0.255 e. The van der Waals surface area contributed by atoms with E-state index in [1.807, 2.05) is 23.1 Å². The molecule has 2 saturated heterocycles. The van der Waals surface area contributed by atoms with Gasteiger partial charge in [-0.3, -0.25) is 9.59 Å². The molecule has 3 rings (SSSR count). The number of likely N-dealkylation sites (tertiary alicyclic amines) is 1. The summed E-state index contributed by atoms with van der Waals surface area (Å²) in [4.78, 5) is 26.8. The first-order chi connectivity index (χ1) is 10.8. The first-order valence-corrected chi connectivity index (χ1v) is 8.15. The molecule has 0 aliphatic carbocycles. The third-order valence-corrected chi connectivity index (χ3v) is 4.48. The van der Waals surface area contributed by atoms with Crippen molar-refractivity contribution in [3.8, 4) is 0 Å². The van der Waals surface area contributed by atoms with Crippen molar-refractivity contribution >= 4 is 29.9 Å². The molecule has 6 heteroatoms. The predicted molar refractivity (Wildman–Crippen MR) is 93.1 cm³/mol. The van der Waals surface area contributed by atoms with E-state index in [4.69, 9.17) is 0 Å². The van der Waals surface area contributed by atoms with E-state index in [0.717, 1.165) is 45.3 Å². The summed E-state index contributed by atoms with van der Waals surface area (Å²) in [7, 11) is 0. The molecule has 23 heavy (non-hydrogen) atoms. The standard InChI is InChI=1S/C17H23N3O2.ClH/c21-16(13-6-5-9-18-12-13)19-15-8-2-1-7-14(15)17(22)20-10-3-4-11-20;/h1-2,7-8,13,18H,3-6,9-12H2,(H,19,21);1H. The topological polar surface area (TPSA) is 61.4 Å². The number of hydrogen-bond acceptors (Lipinski definition) is 3. The second kappa shape index (κ2) is 8.31. The lowest BCUT2D eigenvalue weighted by Crippen LogP contribution is -2.37. The Balaban J connectivity index is 0.00000192. The lowest BCUT2D eigenvalue weighted by Gasteiger charge is -2.23. The molecule has 126 valence electrons. The van der Waals surface area contributed by atoms with E-state index in [1.165, 1.54) is 0 Å². The summed E-state index contributed by atoms with van der Waals surface area (Å²) in [6, 6.07) is 7.32. The van der Waals surface area contributed by atoms with Gasteiger partial charge in [0.1, 0.15) is 0 Å². The maximum Gasteiger partial charge on any atom is 0.255 e. The minimum Gasteiger partial charge on any atom is -0.339 e. The van der Waals surface area contributed by atoms with Gasteiger partial charge in [-0.15, -0.1) is 12.4 Å². The Labute approximate surface area is 143 Å². The van der Waals surface area contributed by atoms with E-state index in [0.29, 0.717) is 17.8 Å². The van der Waals surface area contributed by atoms with Crippen LogP contribution in [-0.4, -0.2) is 42.9 Å². The van der Waals surface area contributed by atoms with Crippen molar-refractivity contribution in [3.63, 3.8) is 0 Å². The summed E-state index contributed by atoms with van der Waals surface area (Å²) in [5.74, 6) is 0.0211. The summed E-state index contributed by atoms with van der Waals surface area (Å²) in [5.41, 5.74) is 1.23.